The van der Waals surface area contributed by atoms with Crippen LogP contribution in [0.3, 0.4) is 0 Å². The molecule has 1 saturated heterocycles. The molecular weight excluding hydrogens is 380 g/mol. The number of aliphatic imine (C=N–C) groups is 1. The van der Waals surface area contributed by atoms with E-state index < -0.39 is 0 Å². The van der Waals surface area contributed by atoms with Crippen LogP contribution in [0.25, 0.3) is 0 Å². The van der Waals surface area contributed by atoms with Gasteiger partial charge in [0.25, 0.3) is 0 Å². The number of guanidine groups is 1. The minimum Gasteiger partial charge on any atom is -0.357 e. The van der Waals surface area contributed by atoms with E-state index in [0.717, 1.165) is 42.9 Å². The summed E-state index contributed by atoms with van der Waals surface area (Å²) < 4.78 is 2.43. The van der Waals surface area contributed by atoms with E-state index in [1.807, 2.05) is 0 Å². The second-order valence-corrected chi connectivity index (χ2v) is 9.90. The summed E-state index contributed by atoms with van der Waals surface area (Å²) in [5.74, 6) is 2.28. The van der Waals surface area contributed by atoms with Crippen LogP contribution < -0.4 is 5.32 Å². The van der Waals surface area contributed by atoms with Crippen LogP contribution in [-0.2, 0) is 6.42 Å². The average Bonchev–Trinajstić information content (AvgIpc) is 3.52. The SMILES string of the molecule is CCNC(=NCCCc1nnc(SC)n1C1CCCC1)N1CCC2(CCCC2)C1. The van der Waals surface area contributed by atoms with Crippen LogP contribution in [0.2, 0.25) is 0 Å². The Labute approximate surface area is 180 Å². The van der Waals surface area contributed by atoms with Gasteiger partial charge in [0.05, 0.1) is 0 Å². The van der Waals surface area contributed by atoms with E-state index in [1.165, 1.54) is 70.9 Å². The first-order chi connectivity index (χ1) is 14.2. The van der Waals surface area contributed by atoms with Crippen molar-refractivity contribution in [3.8, 4) is 0 Å². The van der Waals surface area contributed by atoms with E-state index >= 15 is 0 Å². The predicted octanol–water partition coefficient (Wildman–Crippen LogP) is 4.28. The number of hydrogen-bond donors (Lipinski definition) is 1. The van der Waals surface area contributed by atoms with Gasteiger partial charge in [0.2, 0.25) is 0 Å². The maximum absolute atomic E-state index is 4.99. The maximum atomic E-state index is 4.99. The van der Waals surface area contributed by atoms with Crippen LogP contribution in [0.15, 0.2) is 10.1 Å². The normalized spacial score (nSPS) is 22.3. The van der Waals surface area contributed by atoms with Crippen LogP contribution in [0, 0.1) is 5.41 Å². The molecular formula is C22H38N6S. The van der Waals surface area contributed by atoms with Crippen LogP contribution in [0.5, 0.6) is 0 Å². The highest BCUT2D eigenvalue weighted by Gasteiger charge is 2.41. The molecule has 3 aliphatic rings. The molecule has 2 heterocycles. The van der Waals surface area contributed by atoms with Gasteiger partial charge in [0.1, 0.15) is 5.82 Å². The van der Waals surface area contributed by atoms with Gasteiger partial charge < -0.3 is 14.8 Å². The Kier molecular flexibility index (Phi) is 7.04. The van der Waals surface area contributed by atoms with Gasteiger partial charge in [0, 0.05) is 38.6 Å². The second kappa shape index (κ2) is 9.71. The molecule has 2 aliphatic carbocycles. The lowest BCUT2D eigenvalue weighted by atomic mass is 9.86. The maximum Gasteiger partial charge on any atom is 0.193 e. The third-order valence-corrected chi connectivity index (χ3v) is 7.81. The lowest BCUT2D eigenvalue weighted by molar-refractivity contribution is 0.309. The third kappa shape index (κ3) is 4.75. The molecule has 3 fully saturated rings. The number of likely N-dealkylation sites (tertiary alicyclic amines) is 1. The van der Waals surface area contributed by atoms with Gasteiger partial charge in [0.15, 0.2) is 11.1 Å². The summed E-state index contributed by atoms with van der Waals surface area (Å²) in [7, 11) is 0. The van der Waals surface area contributed by atoms with Gasteiger partial charge in [-0.15, -0.1) is 10.2 Å². The lowest BCUT2D eigenvalue weighted by Gasteiger charge is -2.26. The molecule has 6 nitrogen and oxygen atoms in total. The Balaban J connectivity index is 1.34. The molecule has 1 N–H and O–H groups in total. The van der Waals surface area contributed by atoms with Crippen molar-refractivity contribution < 1.29 is 0 Å². The van der Waals surface area contributed by atoms with E-state index in [1.54, 1.807) is 11.8 Å². The highest BCUT2D eigenvalue weighted by Crippen LogP contribution is 2.45. The predicted molar refractivity (Wildman–Crippen MR) is 121 cm³/mol. The summed E-state index contributed by atoms with van der Waals surface area (Å²) in [6.07, 6.45) is 16.4. The fraction of sp³-hybridized carbons (Fsp3) is 0.864. The fourth-order valence-electron chi connectivity index (χ4n) is 5.64. The summed E-state index contributed by atoms with van der Waals surface area (Å²) in [5.41, 5.74) is 0.585. The molecule has 1 spiro atoms. The van der Waals surface area contributed by atoms with Crippen molar-refractivity contribution in [3.05, 3.63) is 5.82 Å². The van der Waals surface area contributed by atoms with E-state index in [9.17, 15) is 0 Å². The molecule has 0 amide bonds. The first-order valence-electron chi connectivity index (χ1n) is 11.8. The number of rotatable bonds is 7. The van der Waals surface area contributed by atoms with Crippen molar-refractivity contribution in [1.29, 1.82) is 0 Å². The Morgan fingerprint density at radius 2 is 1.97 bits per heavy atom. The molecule has 29 heavy (non-hydrogen) atoms. The highest BCUT2D eigenvalue weighted by molar-refractivity contribution is 7.98. The summed E-state index contributed by atoms with van der Waals surface area (Å²) in [4.78, 5) is 7.50. The molecule has 0 bridgehead atoms. The van der Waals surface area contributed by atoms with Crippen molar-refractivity contribution >= 4 is 17.7 Å². The largest absolute Gasteiger partial charge is 0.357 e. The molecule has 1 aromatic rings. The number of thioether (sulfide) groups is 1. The fourth-order valence-corrected chi connectivity index (χ4v) is 6.22. The summed E-state index contributed by atoms with van der Waals surface area (Å²) in [5, 5.41) is 13.6. The summed E-state index contributed by atoms with van der Waals surface area (Å²) >= 11 is 1.72. The number of hydrogen-bond acceptors (Lipinski definition) is 4. The molecule has 7 heteroatoms. The van der Waals surface area contributed by atoms with Crippen molar-refractivity contribution in [2.45, 2.75) is 88.8 Å². The zero-order valence-corrected chi connectivity index (χ0v) is 19.1. The minimum absolute atomic E-state index is 0.585. The zero-order chi connectivity index (χ0) is 20.1. The first-order valence-corrected chi connectivity index (χ1v) is 13.0. The van der Waals surface area contributed by atoms with Crippen molar-refractivity contribution in [2.75, 3.05) is 32.4 Å². The van der Waals surface area contributed by atoms with Gasteiger partial charge in [-0.1, -0.05) is 37.4 Å². The number of aromatic nitrogens is 3. The highest BCUT2D eigenvalue weighted by atomic mass is 32.2. The van der Waals surface area contributed by atoms with Gasteiger partial charge in [-0.05, 0) is 57.1 Å². The Morgan fingerprint density at radius 3 is 2.69 bits per heavy atom. The van der Waals surface area contributed by atoms with Crippen molar-refractivity contribution in [1.82, 2.24) is 25.0 Å². The number of nitrogens with zero attached hydrogens (tertiary/aromatic N) is 5. The molecule has 0 radical (unpaired) electrons. The molecule has 4 rings (SSSR count). The summed E-state index contributed by atoms with van der Waals surface area (Å²) in [6.45, 7) is 6.34. The van der Waals surface area contributed by atoms with E-state index in [2.05, 4.69) is 38.2 Å². The molecule has 2 saturated carbocycles. The Hall–Kier alpha value is -1.24. The lowest BCUT2D eigenvalue weighted by Crippen LogP contribution is -2.41. The smallest absolute Gasteiger partial charge is 0.193 e. The van der Waals surface area contributed by atoms with E-state index in [4.69, 9.17) is 4.99 Å². The quantitative estimate of drug-likeness (QED) is 0.310. The molecule has 1 aromatic heterocycles. The van der Waals surface area contributed by atoms with Crippen LogP contribution in [-0.4, -0.2) is 58.1 Å². The number of nitrogens with one attached hydrogen (secondary N) is 1. The van der Waals surface area contributed by atoms with Crippen LogP contribution >= 0.6 is 11.8 Å². The molecule has 0 aromatic carbocycles. The summed E-state index contributed by atoms with van der Waals surface area (Å²) in [6, 6.07) is 0.607. The van der Waals surface area contributed by atoms with Gasteiger partial charge in [-0.3, -0.25) is 4.99 Å². The van der Waals surface area contributed by atoms with Crippen molar-refractivity contribution in [3.63, 3.8) is 0 Å². The Morgan fingerprint density at radius 1 is 1.17 bits per heavy atom. The first kappa shape index (κ1) is 21.0. The molecule has 1 aliphatic heterocycles. The van der Waals surface area contributed by atoms with Gasteiger partial charge >= 0.3 is 0 Å². The zero-order valence-electron chi connectivity index (χ0n) is 18.3. The monoisotopic (exact) mass is 418 g/mol. The number of aryl methyl sites for hydroxylation is 1. The molecule has 162 valence electrons. The van der Waals surface area contributed by atoms with E-state index in [-0.39, 0.29) is 0 Å². The molecule has 0 unspecified atom stereocenters. The minimum atomic E-state index is 0.585. The van der Waals surface area contributed by atoms with Crippen LogP contribution in [0.4, 0.5) is 0 Å². The van der Waals surface area contributed by atoms with Crippen molar-refractivity contribution in [2.24, 2.45) is 10.4 Å². The standard InChI is InChI=1S/C22H38N6S/c1-3-23-20(27-16-14-22(17-27)12-6-7-13-22)24-15-8-11-19-25-26-21(29-2)28(19)18-9-4-5-10-18/h18H,3-17H2,1-2H3,(H,23,24). The third-order valence-electron chi connectivity index (χ3n) is 7.16. The van der Waals surface area contributed by atoms with Gasteiger partial charge in [-0.2, -0.15) is 0 Å². The molecule has 0 atom stereocenters. The van der Waals surface area contributed by atoms with Crippen LogP contribution in [0.1, 0.15) is 83.0 Å². The second-order valence-electron chi connectivity index (χ2n) is 9.13. The average molecular weight is 419 g/mol. The Bertz CT molecular complexity index is 687. The van der Waals surface area contributed by atoms with Gasteiger partial charge in [-0.25, -0.2) is 0 Å². The topological polar surface area (TPSA) is 58.3 Å². The van der Waals surface area contributed by atoms with E-state index in [0.29, 0.717) is 11.5 Å².